The Morgan fingerprint density at radius 1 is 1.00 bits per heavy atom. The second-order valence-electron chi connectivity index (χ2n) is 3.62. The first kappa shape index (κ1) is 13.8. The van der Waals surface area contributed by atoms with Crippen molar-refractivity contribution in [1.82, 2.24) is 9.97 Å². The first-order valence-corrected chi connectivity index (χ1v) is 6.05. The zero-order valence-corrected chi connectivity index (χ0v) is 10.8. The number of aromatic nitrogens is 2. The fourth-order valence-electron chi connectivity index (χ4n) is 1.57. The van der Waals surface area contributed by atoms with Crippen LogP contribution in [0, 0.1) is 0 Å². The van der Waals surface area contributed by atoms with Gasteiger partial charge in [-0.25, -0.2) is 9.97 Å². The third-order valence-electron chi connectivity index (χ3n) is 2.35. The van der Waals surface area contributed by atoms with Crippen LogP contribution >= 0.6 is 11.6 Å². The van der Waals surface area contributed by atoms with Crippen LogP contribution in [-0.2, 0) is 0 Å². The Morgan fingerprint density at radius 3 is 2.26 bits per heavy atom. The first-order valence-electron chi connectivity index (χ1n) is 5.68. The molecule has 0 atom stereocenters. The molecule has 0 saturated carbocycles. The van der Waals surface area contributed by atoms with Gasteiger partial charge < -0.3 is 19.7 Å². The zero-order valence-electron chi connectivity index (χ0n) is 10.0. The number of nitrogens with zero attached hydrogens (tertiary/aromatic N) is 2. The Kier molecular flexibility index (Phi) is 4.73. The number of benzene rings is 1. The molecule has 2 aromatic rings. The molecule has 0 amide bonds. The summed E-state index contributed by atoms with van der Waals surface area (Å²) in [5.41, 5.74) is 0.615. The molecule has 1 heterocycles. The van der Waals surface area contributed by atoms with E-state index in [0.717, 1.165) is 0 Å². The summed E-state index contributed by atoms with van der Waals surface area (Å²) >= 11 is 5.98. The topological polar surface area (TPSA) is 84.7 Å². The molecule has 1 aromatic heterocycles. The van der Waals surface area contributed by atoms with Crippen molar-refractivity contribution in [2.24, 2.45) is 0 Å². The van der Waals surface area contributed by atoms with Gasteiger partial charge in [-0.05, 0) is 6.07 Å². The fraction of sp³-hybridized carbons (Fsp3) is 0.333. The average Bonchev–Trinajstić information content (AvgIpc) is 2.43. The maximum atomic E-state index is 8.81. The maximum absolute atomic E-state index is 8.81. The lowest BCUT2D eigenvalue weighted by Crippen LogP contribution is -2.06. The smallest absolute Gasteiger partial charge is 0.163 e. The van der Waals surface area contributed by atoms with Gasteiger partial charge >= 0.3 is 0 Å². The third kappa shape index (κ3) is 3.23. The number of aliphatic hydroxyl groups is 2. The van der Waals surface area contributed by atoms with E-state index in [0.29, 0.717) is 27.6 Å². The molecular weight excluding hydrogens is 272 g/mol. The molecule has 7 heteroatoms. The molecule has 0 bridgehead atoms. The lowest BCUT2D eigenvalue weighted by atomic mass is 10.2. The van der Waals surface area contributed by atoms with Crippen molar-refractivity contribution in [3.8, 4) is 11.5 Å². The van der Waals surface area contributed by atoms with E-state index in [9.17, 15) is 0 Å². The van der Waals surface area contributed by atoms with Crippen LogP contribution < -0.4 is 9.47 Å². The van der Waals surface area contributed by atoms with Crippen LogP contribution in [0.3, 0.4) is 0 Å². The van der Waals surface area contributed by atoms with Crippen LogP contribution in [0.4, 0.5) is 0 Å². The average molecular weight is 285 g/mol. The molecule has 0 fully saturated rings. The highest BCUT2D eigenvalue weighted by Gasteiger charge is 2.11. The lowest BCUT2D eigenvalue weighted by molar-refractivity contribution is 0.178. The molecule has 0 spiro atoms. The quantitative estimate of drug-likeness (QED) is 0.771. The number of ether oxygens (including phenoxy) is 2. The number of aliphatic hydroxyl groups excluding tert-OH is 2. The third-order valence-corrected chi connectivity index (χ3v) is 2.65. The van der Waals surface area contributed by atoms with E-state index in [-0.39, 0.29) is 26.4 Å². The van der Waals surface area contributed by atoms with Gasteiger partial charge in [0, 0.05) is 11.5 Å². The molecule has 6 nitrogen and oxygen atoms in total. The minimum Gasteiger partial charge on any atom is -0.487 e. The summed E-state index contributed by atoms with van der Waals surface area (Å²) in [4.78, 5) is 7.98. The molecule has 0 unspecified atom stereocenters. The second kappa shape index (κ2) is 6.51. The first-order chi connectivity index (χ1) is 9.26. The molecule has 0 aliphatic rings. The minimum atomic E-state index is -0.115. The predicted molar refractivity (Wildman–Crippen MR) is 69.7 cm³/mol. The molecule has 0 radical (unpaired) electrons. The summed E-state index contributed by atoms with van der Waals surface area (Å²) < 4.78 is 10.7. The van der Waals surface area contributed by atoms with Crippen LogP contribution in [0.5, 0.6) is 11.5 Å². The van der Waals surface area contributed by atoms with Gasteiger partial charge in [0.05, 0.1) is 18.7 Å². The van der Waals surface area contributed by atoms with Crippen molar-refractivity contribution >= 4 is 22.5 Å². The van der Waals surface area contributed by atoms with E-state index in [1.807, 2.05) is 0 Å². The molecule has 2 rings (SSSR count). The Morgan fingerprint density at radius 2 is 1.63 bits per heavy atom. The van der Waals surface area contributed by atoms with Gasteiger partial charge in [0.25, 0.3) is 0 Å². The highest BCUT2D eigenvalue weighted by Crippen LogP contribution is 2.33. The Balaban J connectivity index is 2.43. The van der Waals surface area contributed by atoms with Crippen molar-refractivity contribution in [1.29, 1.82) is 0 Å². The second-order valence-corrected chi connectivity index (χ2v) is 3.98. The normalized spacial score (nSPS) is 10.7. The van der Waals surface area contributed by atoms with E-state index < -0.39 is 0 Å². The molecule has 0 saturated heterocycles. The van der Waals surface area contributed by atoms with Crippen LogP contribution in [0.2, 0.25) is 5.15 Å². The zero-order chi connectivity index (χ0) is 13.7. The monoisotopic (exact) mass is 284 g/mol. The van der Waals surface area contributed by atoms with Gasteiger partial charge in [-0.1, -0.05) is 11.6 Å². The standard InChI is InChI=1S/C12H13ClN2O4/c13-12-8-5-10(18-3-1-16)11(19-4-2-17)6-9(8)14-7-15-12/h5-7,16-17H,1-4H2. The van der Waals surface area contributed by atoms with Gasteiger partial charge in [0.1, 0.15) is 24.7 Å². The van der Waals surface area contributed by atoms with E-state index in [4.69, 9.17) is 31.3 Å². The fourth-order valence-corrected chi connectivity index (χ4v) is 1.76. The van der Waals surface area contributed by atoms with Gasteiger partial charge in [-0.3, -0.25) is 0 Å². The van der Waals surface area contributed by atoms with Gasteiger partial charge in [0.2, 0.25) is 0 Å². The molecule has 0 aliphatic carbocycles. The molecule has 102 valence electrons. The highest BCUT2D eigenvalue weighted by molar-refractivity contribution is 6.34. The largest absolute Gasteiger partial charge is 0.487 e. The van der Waals surface area contributed by atoms with Crippen molar-refractivity contribution in [3.05, 3.63) is 23.6 Å². The molecular formula is C12H13ClN2O4. The number of fused-ring (bicyclic) bond motifs is 1. The van der Waals surface area contributed by atoms with Crippen molar-refractivity contribution in [3.63, 3.8) is 0 Å². The maximum Gasteiger partial charge on any atom is 0.163 e. The van der Waals surface area contributed by atoms with E-state index >= 15 is 0 Å². The Labute approximate surface area is 114 Å². The molecule has 0 aliphatic heterocycles. The van der Waals surface area contributed by atoms with Crippen molar-refractivity contribution in [2.75, 3.05) is 26.4 Å². The molecule has 19 heavy (non-hydrogen) atoms. The summed E-state index contributed by atoms with van der Waals surface area (Å²) in [6.45, 7) is 0.0462. The van der Waals surface area contributed by atoms with Crippen molar-refractivity contribution < 1.29 is 19.7 Å². The number of hydrogen-bond acceptors (Lipinski definition) is 6. The summed E-state index contributed by atoms with van der Waals surface area (Å²) in [6.07, 6.45) is 1.36. The summed E-state index contributed by atoms with van der Waals surface area (Å²) in [5.74, 6) is 0.858. The van der Waals surface area contributed by atoms with Crippen LogP contribution in [0.25, 0.3) is 10.9 Å². The summed E-state index contributed by atoms with van der Waals surface area (Å²) in [6, 6.07) is 3.31. The number of rotatable bonds is 6. The van der Waals surface area contributed by atoms with Crippen molar-refractivity contribution in [2.45, 2.75) is 0 Å². The molecule has 2 N–H and O–H groups in total. The predicted octanol–water partition coefficient (Wildman–Crippen LogP) is 1.03. The van der Waals surface area contributed by atoms with E-state index in [1.165, 1.54) is 6.33 Å². The SMILES string of the molecule is OCCOc1cc2ncnc(Cl)c2cc1OCCO. The van der Waals surface area contributed by atoms with Gasteiger partial charge in [-0.15, -0.1) is 0 Å². The summed E-state index contributed by atoms with van der Waals surface area (Å²) in [7, 11) is 0. The number of hydrogen-bond donors (Lipinski definition) is 2. The number of halogens is 1. The van der Waals surface area contributed by atoms with E-state index in [2.05, 4.69) is 9.97 Å². The van der Waals surface area contributed by atoms with Crippen LogP contribution in [-0.4, -0.2) is 46.6 Å². The lowest BCUT2D eigenvalue weighted by Gasteiger charge is -2.12. The van der Waals surface area contributed by atoms with Crippen LogP contribution in [0.15, 0.2) is 18.5 Å². The minimum absolute atomic E-state index is 0.109. The van der Waals surface area contributed by atoms with E-state index in [1.54, 1.807) is 12.1 Å². The van der Waals surface area contributed by atoms with Gasteiger partial charge in [0.15, 0.2) is 11.5 Å². The Hall–Kier alpha value is -1.63. The summed E-state index contributed by atoms with van der Waals surface area (Å²) in [5, 5.41) is 18.6. The molecule has 1 aromatic carbocycles. The highest BCUT2D eigenvalue weighted by atomic mass is 35.5. The van der Waals surface area contributed by atoms with Gasteiger partial charge in [-0.2, -0.15) is 0 Å². The van der Waals surface area contributed by atoms with Crippen LogP contribution in [0.1, 0.15) is 0 Å². The Bertz CT molecular complexity index is 565.